The summed E-state index contributed by atoms with van der Waals surface area (Å²) in [4.78, 5) is 28.0. The standard InChI is InChI=1S/C27H31Cl2NO4/c1-3-22(23-8-5-13-34-23)30-25(17-9-11-19(28)12-10-17)21(18-6-4-7-20(29)14-18)15-27(2,26(30)33)16-24(31)32/h4,6-7,9-12,14,21-23,25H,3,5,8,13,15-16H2,1-2H3,(H,31,32)/t21-,22+,23?,25-,27+/m1/s1. The van der Waals surface area contributed by atoms with Crippen LogP contribution in [0.5, 0.6) is 0 Å². The maximum absolute atomic E-state index is 14.2. The lowest BCUT2D eigenvalue weighted by atomic mass is 9.66. The highest BCUT2D eigenvalue weighted by Gasteiger charge is 2.53. The Morgan fingerprint density at radius 2 is 1.91 bits per heavy atom. The van der Waals surface area contributed by atoms with E-state index in [0.29, 0.717) is 29.5 Å². The van der Waals surface area contributed by atoms with Crippen molar-refractivity contribution in [3.63, 3.8) is 0 Å². The van der Waals surface area contributed by atoms with E-state index >= 15 is 0 Å². The topological polar surface area (TPSA) is 66.8 Å². The number of hydrogen-bond donors (Lipinski definition) is 1. The van der Waals surface area contributed by atoms with Crippen molar-refractivity contribution in [2.75, 3.05) is 6.61 Å². The number of amides is 1. The number of ether oxygens (including phenoxy) is 1. The molecule has 7 heteroatoms. The molecule has 1 unspecified atom stereocenters. The quantitative estimate of drug-likeness (QED) is 0.468. The molecule has 1 amide bonds. The maximum Gasteiger partial charge on any atom is 0.304 e. The summed E-state index contributed by atoms with van der Waals surface area (Å²) in [7, 11) is 0. The molecule has 2 fully saturated rings. The van der Waals surface area contributed by atoms with Gasteiger partial charge in [-0.2, -0.15) is 0 Å². The maximum atomic E-state index is 14.2. The number of hydrogen-bond acceptors (Lipinski definition) is 3. The SMILES string of the molecule is CC[C@@H](C1CCCO1)N1C(=O)[C@](C)(CC(=O)O)C[C@H](c2cccc(Cl)c2)[C@H]1c1ccc(Cl)cc1. The Morgan fingerprint density at radius 3 is 2.50 bits per heavy atom. The van der Waals surface area contributed by atoms with E-state index in [1.807, 2.05) is 53.4 Å². The number of carbonyl (C=O) groups is 2. The molecule has 2 aromatic carbocycles. The van der Waals surface area contributed by atoms with Gasteiger partial charge in [0.1, 0.15) is 0 Å². The summed E-state index contributed by atoms with van der Waals surface area (Å²) in [5, 5.41) is 11.0. The van der Waals surface area contributed by atoms with Crippen molar-refractivity contribution in [1.29, 1.82) is 0 Å². The second-order valence-corrected chi connectivity index (χ2v) is 10.6. The van der Waals surface area contributed by atoms with E-state index in [1.54, 1.807) is 6.92 Å². The third-order valence-electron chi connectivity index (χ3n) is 7.30. The fourth-order valence-corrected chi connectivity index (χ4v) is 6.11. The molecule has 4 rings (SSSR count). The largest absolute Gasteiger partial charge is 0.481 e. The minimum atomic E-state index is -1.05. The van der Waals surface area contributed by atoms with Crippen LogP contribution in [0.3, 0.4) is 0 Å². The van der Waals surface area contributed by atoms with Gasteiger partial charge in [-0.15, -0.1) is 0 Å². The van der Waals surface area contributed by atoms with E-state index in [2.05, 4.69) is 6.92 Å². The van der Waals surface area contributed by atoms with E-state index in [-0.39, 0.29) is 36.4 Å². The second-order valence-electron chi connectivity index (χ2n) is 9.73. The Labute approximate surface area is 211 Å². The lowest BCUT2D eigenvalue weighted by Crippen LogP contribution is -2.58. The molecule has 34 heavy (non-hydrogen) atoms. The zero-order chi connectivity index (χ0) is 24.5. The van der Waals surface area contributed by atoms with Gasteiger partial charge in [-0.3, -0.25) is 9.59 Å². The Kier molecular flexibility index (Phi) is 7.56. The summed E-state index contributed by atoms with van der Waals surface area (Å²) in [5.74, 6) is -1.25. The fraction of sp³-hybridized carbons (Fsp3) is 0.481. The van der Waals surface area contributed by atoms with Gasteiger partial charge in [0.25, 0.3) is 0 Å². The number of carbonyl (C=O) groups excluding carboxylic acids is 1. The number of likely N-dealkylation sites (tertiary alicyclic amines) is 1. The number of benzene rings is 2. The minimum absolute atomic E-state index is 0.0732. The molecule has 182 valence electrons. The zero-order valence-corrected chi connectivity index (χ0v) is 21.1. The van der Waals surface area contributed by atoms with Crippen LogP contribution in [0.2, 0.25) is 10.0 Å². The summed E-state index contributed by atoms with van der Waals surface area (Å²) in [5.41, 5.74) is 0.911. The van der Waals surface area contributed by atoms with Crippen LogP contribution in [-0.4, -0.2) is 40.6 Å². The first-order valence-corrected chi connectivity index (χ1v) is 12.7. The van der Waals surface area contributed by atoms with E-state index in [0.717, 1.165) is 24.0 Å². The monoisotopic (exact) mass is 503 g/mol. The predicted molar refractivity (Wildman–Crippen MR) is 133 cm³/mol. The Morgan fingerprint density at radius 1 is 1.18 bits per heavy atom. The highest BCUT2D eigenvalue weighted by molar-refractivity contribution is 6.30. The molecule has 1 N–H and O–H groups in total. The molecule has 0 spiro atoms. The number of nitrogens with zero attached hydrogens (tertiary/aromatic N) is 1. The van der Waals surface area contributed by atoms with Gasteiger partial charge in [0.05, 0.1) is 30.0 Å². The van der Waals surface area contributed by atoms with Crippen molar-refractivity contribution in [2.24, 2.45) is 5.41 Å². The average Bonchev–Trinajstić information content (AvgIpc) is 3.32. The van der Waals surface area contributed by atoms with E-state index in [4.69, 9.17) is 27.9 Å². The zero-order valence-electron chi connectivity index (χ0n) is 19.5. The van der Waals surface area contributed by atoms with Crippen molar-refractivity contribution < 1.29 is 19.4 Å². The van der Waals surface area contributed by atoms with E-state index in [9.17, 15) is 14.7 Å². The molecule has 0 aliphatic carbocycles. The summed E-state index contributed by atoms with van der Waals surface area (Å²) in [6.45, 7) is 4.53. The number of aliphatic carboxylic acids is 1. The van der Waals surface area contributed by atoms with Crippen LogP contribution in [0.25, 0.3) is 0 Å². The highest BCUT2D eigenvalue weighted by Crippen LogP contribution is 2.52. The number of carboxylic acids is 1. The van der Waals surface area contributed by atoms with Crippen LogP contribution in [0.1, 0.15) is 69.0 Å². The van der Waals surface area contributed by atoms with Crippen LogP contribution in [0.15, 0.2) is 48.5 Å². The molecule has 2 heterocycles. The molecule has 0 radical (unpaired) electrons. The number of halogens is 2. The van der Waals surface area contributed by atoms with Crippen LogP contribution in [0.4, 0.5) is 0 Å². The molecular weight excluding hydrogens is 473 g/mol. The van der Waals surface area contributed by atoms with Crippen molar-refractivity contribution in [3.8, 4) is 0 Å². The first-order valence-electron chi connectivity index (χ1n) is 11.9. The van der Waals surface area contributed by atoms with Gasteiger partial charge in [-0.1, -0.05) is 61.3 Å². The highest BCUT2D eigenvalue weighted by atomic mass is 35.5. The normalized spacial score (nSPS) is 28.2. The molecular formula is C27H31Cl2NO4. The van der Waals surface area contributed by atoms with Gasteiger partial charge >= 0.3 is 5.97 Å². The third-order valence-corrected chi connectivity index (χ3v) is 7.79. The molecule has 5 nitrogen and oxygen atoms in total. The third kappa shape index (κ3) is 4.98. The first-order chi connectivity index (χ1) is 16.2. The van der Waals surface area contributed by atoms with Gasteiger partial charge < -0.3 is 14.7 Å². The lowest BCUT2D eigenvalue weighted by molar-refractivity contribution is -0.164. The number of rotatable bonds is 7. The Balaban J connectivity index is 1.90. The van der Waals surface area contributed by atoms with Crippen LogP contribution in [-0.2, 0) is 14.3 Å². The minimum Gasteiger partial charge on any atom is -0.481 e. The van der Waals surface area contributed by atoms with Crippen LogP contribution < -0.4 is 0 Å². The van der Waals surface area contributed by atoms with Gasteiger partial charge in [-0.05, 0) is 61.1 Å². The first kappa shape index (κ1) is 25.0. The van der Waals surface area contributed by atoms with Gasteiger partial charge in [-0.25, -0.2) is 0 Å². The molecule has 0 aromatic heterocycles. The smallest absolute Gasteiger partial charge is 0.304 e. The molecule has 2 aliphatic rings. The summed E-state index contributed by atoms with van der Waals surface area (Å²) in [6, 6.07) is 14.8. The summed E-state index contributed by atoms with van der Waals surface area (Å²) < 4.78 is 6.07. The van der Waals surface area contributed by atoms with Crippen molar-refractivity contribution >= 4 is 35.1 Å². The molecule has 0 saturated carbocycles. The molecule has 2 saturated heterocycles. The van der Waals surface area contributed by atoms with Crippen molar-refractivity contribution in [2.45, 2.75) is 70.1 Å². The number of piperidine rings is 1. The van der Waals surface area contributed by atoms with Gasteiger partial charge in [0.2, 0.25) is 5.91 Å². The lowest BCUT2D eigenvalue weighted by Gasteiger charge is -2.52. The molecule has 0 bridgehead atoms. The van der Waals surface area contributed by atoms with Crippen LogP contribution in [0, 0.1) is 5.41 Å². The van der Waals surface area contributed by atoms with Gasteiger partial charge in [0, 0.05) is 22.6 Å². The fourth-order valence-electron chi connectivity index (χ4n) is 5.79. The molecule has 2 aliphatic heterocycles. The summed E-state index contributed by atoms with van der Waals surface area (Å²) in [6.07, 6.45) is 2.66. The van der Waals surface area contributed by atoms with E-state index < -0.39 is 11.4 Å². The van der Waals surface area contributed by atoms with Crippen molar-refractivity contribution in [3.05, 3.63) is 69.7 Å². The molecule has 5 atom stereocenters. The number of carboxylic acid groups (broad SMARTS) is 1. The summed E-state index contributed by atoms with van der Waals surface area (Å²) >= 11 is 12.6. The average molecular weight is 504 g/mol. The van der Waals surface area contributed by atoms with Crippen LogP contribution >= 0.6 is 23.2 Å². The Hall–Kier alpha value is -2.08. The van der Waals surface area contributed by atoms with Crippen molar-refractivity contribution in [1.82, 2.24) is 4.90 Å². The van der Waals surface area contributed by atoms with E-state index in [1.165, 1.54) is 0 Å². The molecule has 2 aromatic rings. The van der Waals surface area contributed by atoms with Gasteiger partial charge in [0.15, 0.2) is 0 Å². The predicted octanol–water partition coefficient (Wildman–Crippen LogP) is 6.49. The Bertz CT molecular complexity index is 1040. The second kappa shape index (κ2) is 10.3.